The molecule has 0 unspecified atom stereocenters. The van der Waals surface area contributed by atoms with Crippen LogP contribution in [0, 0.1) is 24.0 Å². The highest BCUT2D eigenvalue weighted by Gasteiger charge is 2.22. The number of aryl methyl sites for hydroxylation is 1. The molecule has 0 aromatic heterocycles. The largest absolute Gasteiger partial charge is 0.483 e. The average Bonchev–Trinajstić information content (AvgIpc) is 2.69. The second kappa shape index (κ2) is 8.07. The predicted octanol–water partition coefficient (Wildman–Crippen LogP) is 2.94. The molecule has 0 N–H and O–H groups in total. The second-order valence-electron chi connectivity index (χ2n) is 6.63. The van der Waals surface area contributed by atoms with Crippen molar-refractivity contribution in [2.24, 2.45) is 0 Å². The average molecular weight is 369 g/mol. The fourth-order valence-electron chi connectivity index (χ4n) is 3.11. The molecule has 7 heteroatoms. The van der Waals surface area contributed by atoms with Gasteiger partial charge in [-0.1, -0.05) is 12.1 Å². The summed E-state index contributed by atoms with van der Waals surface area (Å²) in [6.07, 6.45) is 0. The number of carbonyl (C=O) groups excluding carboxylic acids is 1. The van der Waals surface area contributed by atoms with E-state index in [9.17, 15) is 14.9 Å². The van der Waals surface area contributed by atoms with Gasteiger partial charge in [0.15, 0.2) is 6.61 Å². The zero-order chi connectivity index (χ0) is 19.4. The number of benzene rings is 2. The van der Waals surface area contributed by atoms with Gasteiger partial charge in [0.05, 0.1) is 4.92 Å². The lowest BCUT2D eigenvalue weighted by Gasteiger charge is -2.36. The van der Waals surface area contributed by atoms with Crippen LogP contribution < -0.4 is 9.64 Å². The molecule has 1 amide bonds. The lowest BCUT2D eigenvalue weighted by molar-refractivity contribution is -0.384. The Kier molecular flexibility index (Phi) is 5.59. The standard InChI is InChI=1S/C20H23N3O4/c1-15-4-3-5-19(16(15)2)27-14-20(24)22-12-10-21(11-13-22)17-6-8-18(9-7-17)23(25)26/h3-9H,10-14H2,1-2H3. The SMILES string of the molecule is Cc1cccc(OCC(=O)N2CCN(c3ccc([N+](=O)[O-])cc3)CC2)c1C. The highest BCUT2D eigenvalue weighted by molar-refractivity contribution is 5.78. The van der Waals surface area contributed by atoms with E-state index in [4.69, 9.17) is 4.74 Å². The van der Waals surface area contributed by atoms with Crippen LogP contribution in [0.5, 0.6) is 5.75 Å². The monoisotopic (exact) mass is 369 g/mol. The first-order chi connectivity index (χ1) is 13.0. The Balaban J connectivity index is 1.51. The van der Waals surface area contributed by atoms with Gasteiger partial charge in [0, 0.05) is 44.0 Å². The summed E-state index contributed by atoms with van der Waals surface area (Å²) in [4.78, 5) is 26.7. The van der Waals surface area contributed by atoms with Crippen molar-refractivity contribution in [3.05, 3.63) is 63.7 Å². The Morgan fingerprint density at radius 2 is 1.74 bits per heavy atom. The number of nitro benzene ring substituents is 1. The molecule has 0 aliphatic carbocycles. The predicted molar refractivity (Wildman–Crippen MR) is 103 cm³/mol. The second-order valence-corrected chi connectivity index (χ2v) is 6.63. The van der Waals surface area contributed by atoms with Crippen molar-refractivity contribution in [3.63, 3.8) is 0 Å². The number of nitro groups is 1. The smallest absolute Gasteiger partial charge is 0.269 e. The summed E-state index contributed by atoms with van der Waals surface area (Å²) in [6, 6.07) is 12.3. The van der Waals surface area contributed by atoms with Gasteiger partial charge in [0.25, 0.3) is 11.6 Å². The van der Waals surface area contributed by atoms with Crippen molar-refractivity contribution in [1.29, 1.82) is 0 Å². The number of nitrogens with zero attached hydrogens (tertiary/aromatic N) is 3. The summed E-state index contributed by atoms with van der Waals surface area (Å²) in [7, 11) is 0. The minimum atomic E-state index is -0.406. The van der Waals surface area contributed by atoms with Crippen molar-refractivity contribution in [2.45, 2.75) is 13.8 Å². The van der Waals surface area contributed by atoms with Gasteiger partial charge in [-0.05, 0) is 43.2 Å². The lowest BCUT2D eigenvalue weighted by Crippen LogP contribution is -2.50. The molecule has 27 heavy (non-hydrogen) atoms. The Labute approximate surface area is 158 Å². The molecule has 0 bridgehead atoms. The van der Waals surface area contributed by atoms with Crippen LogP contribution in [0.1, 0.15) is 11.1 Å². The summed E-state index contributed by atoms with van der Waals surface area (Å²) < 4.78 is 5.71. The van der Waals surface area contributed by atoms with Gasteiger partial charge in [0.2, 0.25) is 0 Å². The van der Waals surface area contributed by atoms with Gasteiger partial charge < -0.3 is 14.5 Å². The summed E-state index contributed by atoms with van der Waals surface area (Å²) in [5.74, 6) is 0.715. The molecule has 2 aromatic carbocycles. The molecular formula is C20H23N3O4. The molecule has 1 fully saturated rings. The number of hydrogen-bond donors (Lipinski definition) is 0. The topological polar surface area (TPSA) is 75.9 Å². The van der Waals surface area contributed by atoms with E-state index >= 15 is 0 Å². The number of carbonyl (C=O) groups is 1. The van der Waals surface area contributed by atoms with Crippen LogP contribution in [0.15, 0.2) is 42.5 Å². The molecule has 142 valence electrons. The zero-order valence-electron chi connectivity index (χ0n) is 15.6. The first kappa shape index (κ1) is 18.7. The van der Waals surface area contributed by atoms with Crippen molar-refractivity contribution < 1.29 is 14.5 Å². The maximum absolute atomic E-state index is 12.4. The summed E-state index contributed by atoms with van der Waals surface area (Å²) >= 11 is 0. The van der Waals surface area contributed by atoms with E-state index in [2.05, 4.69) is 4.90 Å². The van der Waals surface area contributed by atoms with Crippen LogP contribution in [0.3, 0.4) is 0 Å². The fraction of sp³-hybridized carbons (Fsp3) is 0.350. The number of amides is 1. The zero-order valence-corrected chi connectivity index (χ0v) is 15.6. The quantitative estimate of drug-likeness (QED) is 0.598. The minimum Gasteiger partial charge on any atom is -0.483 e. The van der Waals surface area contributed by atoms with E-state index in [1.165, 1.54) is 12.1 Å². The van der Waals surface area contributed by atoms with Crippen LogP contribution >= 0.6 is 0 Å². The normalized spacial score (nSPS) is 14.1. The van der Waals surface area contributed by atoms with Gasteiger partial charge in [-0.3, -0.25) is 14.9 Å². The number of piperazine rings is 1. The molecule has 1 aliphatic rings. The first-order valence-corrected chi connectivity index (χ1v) is 8.92. The Hall–Kier alpha value is -3.09. The molecule has 7 nitrogen and oxygen atoms in total. The molecule has 0 spiro atoms. The van der Waals surface area contributed by atoms with Gasteiger partial charge in [-0.2, -0.15) is 0 Å². The minimum absolute atomic E-state index is 0.0285. The van der Waals surface area contributed by atoms with Crippen molar-refractivity contribution in [3.8, 4) is 5.75 Å². The van der Waals surface area contributed by atoms with Crippen molar-refractivity contribution in [2.75, 3.05) is 37.7 Å². The number of non-ortho nitro benzene ring substituents is 1. The maximum atomic E-state index is 12.4. The summed E-state index contributed by atoms with van der Waals surface area (Å²) in [6.45, 7) is 6.61. The molecule has 0 radical (unpaired) electrons. The lowest BCUT2D eigenvalue weighted by atomic mass is 10.1. The number of ether oxygens (including phenoxy) is 1. The van der Waals surface area contributed by atoms with E-state index in [1.807, 2.05) is 32.0 Å². The van der Waals surface area contributed by atoms with Crippen LogP contribution in [0.2, 0.25) is 0 Å². The molecule has 1 aliphatic heterocycles. The van der Waals surface area contributed by atoms with Crippen molar-refractivity contribution in [1.82, 2.24) is 4.90 Å². The third-order valence-electron chi connectivity index (χ3n) is 4.96. The third-order valence-corrected chi connectivity index (χ3v) is 4.96. The van der Waals surface area contributed by atoms with E-state index in [-0.39, 0.29) is 18.2 Å². The highest BCUT2D eigenvalue weighted by atomic mass is 16.6. The van der Waals surface area contributed by atoms with Crippen LogP contribution in [0.4, 0.5) is 11.4 Å². The molecule has 3 rings (SSSR count). The van der Waals surface area contributed by atoms with Gasteiger partial charge >= 0.3 is 0 Å². The molecule has 0 saturated carbocycles. The number of rotatable bonds is 5. The highest BCUT2D eigenvalue weighted by Crippen LogP contribution is 2.22. The van der Waals surface area contributed by atoms with Crippen LogP contribution in [-0.4, -0.2) is 48.5 Å². The number of anilines is 1. The van der Waals surface area contributed by atoms with Gasteiger partial charge in [-0.15, -0.1) is 0 Å². The Morgan fingerprint density at radius 1 is 1.07 bits per heavy atom. The molecule has 0 atom stereocenters. The first-order valence-electron chi connectivity index (χ1n) is 8.92. The summed E-state index contributed by atoms with van der Waals surface area (Å²) in [5.41, 5.74) is 3.19. The van der Waals surface area contributed by atoms with Gasteiger partial charge in [-0.25, -0.2) is 0 Å². The van der Waals surface area contributed by atoms with E-state index in [1.54, 1.807) is 17.0 Å². The molecular weight excluding hydrogens is 346 g/mol. The molecule has 2 aromatic rings. The Morgan fingerprint density at radius 3 is 2.37 bits per heavy atom. The fourth-order valence-corrected chi connectivity index (χ4v) is 3.11. The van der Waals surface area contributed by atoms with Gasteiger partial charge in [0.1, 0.15) is 5.75 Å². The third kappa shape index (κ3) is 4.36. The molecule has 1 saturated heterocycles. The number of hydrogen-bond acceptors (Lipinski definition) is 5. The Bertz CT molecular complexity index is 828. The van der Waals surface area contributed by atoms with E-state index < -0.39 is 4.92 Å². The summed E-state index contributed by atoms with van der Waals surface area (Å²) in [5, 5.41) is 10.7. The van der Waals surface area contributed by atoms with Crippen molar-refractivity contribution >= 4 is 17.3 Å². The maximum Gasteiger partial charge on any atom is 0.269 e. The molecule has 1 heterocycles. The van der Waals surface area contributed by atoms with Crippen LogP contribution in [0.25, 0.3) is 0 Å². The van der Waals surface area contributed by atoms with E-state index in [0.717, 1.165) is 22.6 Å². The van der Waals surface area contributed by atoms with E-state index in [0.29, 0.717) is 26.2 Å². The van der Waals surface area contributed by atoms with Crippen LogP contribution in [-0.2, 0) is 4.79 Å².